The van der Waals surface area contributed by atoms with Gasteiger partial charge >= 0.3 is 0 Å². The minimum absolute atomic E-state index is 0.623. The van der Waals surface area contributed by atoms with Gasteiger partial charge in [0, 0.05) is 38.8 Å². The molecule has 0 radical (unpaired) electrons. The highest BCUT2D eigenvalue weighted by molar-refractivity contribution is 4.72. The van der Waals surface area contributed by atoms with Gasteiger partial charge in [-0.05, 0) is 25.4 Å². The Kier molecular flexibility index (Phi) is 7.09. The molecule has 1 fully saturated rings. The van der Waals surface area contributed by atoms with E-state index < -0.39 is 0 Å². The predicted octanol–water partition coefficient (Wildman–Crippen LogP) is 1.65. The molecule has 0 aliphatic carbocycles. The van der Waals surface area contributed by atoms with E-state index in [1.807, 2.05) is 0 Å². The highest BCUT2D eigenvalue weighted by atomic mass is 15.3. The zero-order valence-corrected chi connectivity index (χ0v) is 12.2. The second-order valence-electron chi connectivity index (χ2n) is 6.00. The molecule has 1 N–H and O–H groups in total. The fourth-order valence-electron chi connectivity index (χ4n) is 2.41. The van der Waals surface area contributed by atoms with Crippen LogP contribution in [-0.4, -0.2) is 61.7 Å². The lowest BCUT2D eigenvalue weighted by molar-refractivity contribution is 0.121. The molecule has 3 heteroatoms. The first-order valence-electron chi connectivity index (χ1n) is 7.26. The molecule has 0 amide bonds. The van der Waals surface area contributed by atoms with Crippen molar-refractivity contribution < 1.29 is 0 Å². The van der Waals surface area contributed by atoms with E-state index in [-0.39, 0.29) is 0 Å². The fraction of sp³-hybridized carbons (Fsp3) is 1.00. The normalized spacial score (nSPS) is 19.4. The Bertz CT molecular complexity index is 181. The van der Waals surface area contributed by atoms with Crippen molar-refractivity contribution in [3.63, 3.8) is 0 Å². The summed E-state index contributed by atoms with van der Waals surface area (Å²) in [7, 11) is 0. The molecule has 1 aliphatic rings. The lowest BCUT2D eigenvalue weighted by Crippen LogP contribution is -2.47. The van der Waals surface area contributed by atoms with E-state index in [1.165, 1.54) is 45.7 Å². The van der Waals surface area contributed by atoms with Crippen molar-refractivity contribution in [1.29, 1.82) is 0 Å². The second kappa shape index (κ2) is 8.06. The Balaban J connectivity index is 2.03. The molecule has 17 heavy (non-hydrogen) atoms. The summed E-state index contributed by atoms with van der Waals surface area (Å²) in [4.78, 5) is 5.21. The van der Waals surface area contributed by atoms with Crippen LogP contribution in [-0.2, 0) is 0 Å². The van der Waals surface area contributed by atoms with Crippen molar-refractivity contribution in [1.82, 2.24) is 15.1 Å². The van der Waals surface area contributed by atoms with Crippen LogP contribution < -0.4 is 5.32 Å². The summed E-state index contributed by atoms with van der Waals surface area (Å²) in [5.74, 6) is 0.803. The van der Waals surface area contributed by atoms with E-state index in [9.17, 15) is 0 Å². The number of hydrogen-bond acceptors (Lipinski definition) is 3. The smallest absolute Gasteiger partial charge is 0.0110 e. The Labute approximate surface area is 108 Å². The maximum absolute atomic E-state index is 3.48. The highest BCUT2D eigenvalue weighted by Gasteiger charge is 2.16. The predicted molar refractivity (Wildman–Crippen MR) is 75.5 cm³/mol. The van der Waals surface area contributed by atoms with Crippen LogP contribution in [0.3, 0.4) is 0 Å². The lowest BCUT2D eigenvalue weighted by Gasteiger charge is -2.35. The molecule has 1 aliphatic heterocycles. The molecule has 0 aromatic heterocycles. The van der Waals surface area contributed by atoms with Crippen LogP contribution >= 0.6 is 0 Å². The molecule has 3 nitrogen and oxygen atoms in total. The van der Waals surface area contributed by atoms with Gasteiger partial charge in [-0.25, -0.2) is 0 Å². The molecule has 0 spiro atoms. The van der Waals surface area contributed by atoms with Gasteiger partial charge in [-0.1, -0.05) is 27.7 Å². The molecule has 0 unspecified atom stereocenters. The summed E-state index contributed by atoms with van der Waals surface area (Å²) in [6, 6.07) is 0.623. The Hall–Kier alpha value is -0.120. The summed E-state index contributed by atoms with van der Waals surface area (Å²) in [6.45, 7) is 17.8. The quantitative estimate of drug-likeness (QED) is 0.684. The first-order valence-corrected chi connectivity index (χ1v) is 7.26. The maximum Gasteiger partial charge on any atom is 0.0110 e. The lowest BCUT2D eigenvalue weighted by atomic mass is 10.2. The van der Waals surface area contributed by atoms with Crippen LogP contribution in [0.15, 0.2) is 0 Å². The Morgan fingerprint density at radius 3 is 2.06 bits per heavy atom. The fourth-order valence-corrected chi connectivity index (χ4v) is 2.41. The van der Waals surface area contributed by atoms with Crippen molar-refractivity contribution in [3.05, 3.63) is 0 Å². The van der Waals surface area contributed by atoms with Gasteiger partial charge in [-0.15, -0.1) is 0 Å². The zero-order valence-electron chi connectivity index (χ0n) is 12.2. The van der Waals surface area contributed by atoms with Crippen LogP contribution in [0.4, 0.5) is 0 Å². The summed E-state index contributed by atoms with van der Waals surface area (Å²) in [5, 5.41) is 3.48. The molecule has 0 saturated carbocycles. The van der Waals surface area contributed by atoms with Gasteiger partial charge in [-0.2, -0.15) is 0 Å². The van der Waals surface area contributed by atoms with E-state index in [0.717, 1.165) is 12.5 Å². The topological polar surface area (TPSA) is 18.5 Å². The van der Waals surface area contributed by atoms with E-state index in [2.05, 4.69) is 42.8 Å². The van der Waals surface area contributed by atoms with Gasteiger partial charge in [0.2, 0.25) is 0 Å². The SMILES string of the molecule is CC(C)CN1CCN(CCCNC(C)C)CC1. The van der Waals surface area contributed by atoms with E-state index in [0.29, 0.717) is 6.04 Å². The van der Waals surface area contributed by atoms with Gasteiger partial charge in [0.05, 0.1) is 0 Å². The van der Waals surface area contributed by atoms with Gasteiger partial charge in [-0.3, -0.25) is 0 Å². The maximum atomic E-state index is 3.48. The molecule has 1 heterocycles. The first-order chi connectivity index (χ1) is 8.08. The summed E-state index contributed by atoms with van der Waals surface area (Å²) in [6.07, 6.45) is 1.28. The van der Waals surface area contributed by atoms with Crippen molar-refractivity contribution >= 4 is 0 Å². The molecule has 0 aromatic rings. The third kappa shape index (κ3) is 7.02. The number of rotatable bonds is 7. The van der Waals surface area contributed by atoms with E-state index in [4.69, 9.17) is 0 Å². The average Bonchev–Trinajstić information content (AvgIpc) is 2.25. The zero-order chi connectivity index (χ0) is 12.7. The van der Waals surface area contributed by atoms with Gasteiger partial charge < -0.3 is 15.1 Å². The molecule has 1 rings (SSSR count). The summed E-state index contributed by atoms with van der Waals surface area (Å²) < 4.78 is 0. The number of piperazine rings is 1. The summed E-state index contributed by atoms with van der Waals surface area (Å²) in [5.41, 5.74) is 0. The van der Waals surface area contributed by atoms with Crippen LogP contribution in [0.1, 0.15) is 34.1 Å². The minimum Gasteiger partial charge on any atom is -0.314 e. The number of hydrogen-bond donors (Lipinski definition) is 1. The van der Waals surface area contributed by atoms with Gasteiger partial charge in [0.25, 0.3) is 0 Å². The Morgan fingerprint density at radius 2 is 1.53 bits per heavy atom. The molecule has 0 bridgehead atoms. The van der Waals surface area contributed by atoms with Crippen LogP contribution in [0, 0.1) is 5.92 Å². The van der Waals surface area contributed by atoms with Crippen LogP contribution in [0.25, 0.3) is 0 Å². The molecular weight excluding hydrogens is 210 g/mol. The number of nitrogens with one attached hydrogen (secondary N) is 1. The van der Waals surface area contributed by atoms with Crippen molar-refractivity contribution in [2.75, 3.05) is 45.8 Å². The monoisotopic (exact) mass is 241 g/mol. The minimum atomic E-state index is 0.623. The van der Waals surface area contributed by atoms with E-state index in [1.54, 1.807) is 0 Å². The largest absolute Gasteiger partial charge is 0.314 e. The standard InChI is InChI=1S/C14H31N3/c1-13(2)12-17-10-8-16(9-11-17)7-5-6-15-14(3)4/h13-15H,5-12H2,1-4H3. The number of nitrogens with zero attached hydrogens (tertiary/aromatic N) is 2. The second-order valence-corrected chi connectivity index (χ2v) is 6.00. The molecular formula is C14H31N3. The van der Waals surface area contributed by atoms with Gasteiger partial charge in [0.15, 0.2) is 0 Å². The average molecular weight is 241 g/mol. The Morgan fingerprint density at radius 1 is 0.941 bits per heavy atom. The third-order valence-electron chi connectivity index (χ3n) is 3.29. The third-order valence-corrected chi connectivity index (χ3v) is 3.29. The van der Waals surface area contributed by atoms with E-state index >= 15 is 0 Å². The van der Waals surface area contributed by atoms with Crippen molar-refractivity contribution in [2.24, 2.45) is 5.92 Å². The van der Waals surface area contributed by atoms with Gasteiger partial charge in [0.1, 0.15) is 0 Å². The molecule has 0 atom stereocenters. The highest BCUT2D eigenvalue weighted by Crippen LogP contribution is 2.05. The molecule has 1 saturated heterocycles. The van der Waals surface area contributed by atoms with Crippen LogP contribution in [0.5, 0.6) is 0 Å². The van der Waals surface area contributed by atoms with Crippen molar-refractivity contribution in [3.8, 4) is 0 Å². The van der Waals surface area contributed by atoms with Crippen LogP contribution in [0.2, 0.25) is 0 Å². The molecule has 0 aromatic carbocycles. The summed E-state index contributed by atoms with van der Waals surface area (Å²) >= 11 is 0. The first kappa shape index (κ1) is 14.9. The van der Waals surface area contributed by atoms with Crippen molar-refractivity contribution in [2.45, 2.75) is 40.2 Å². The molecule has 102 valence electrons.